The average molecular weight is 172 g/mol. The van der Waals surface area contributed by atoms with Crippen molar-refractivity contribution in [3.8, 4) is 0 Å². The standard InChI is InChI=1S/C8H16N2S/c1-11-7-3-6-10-8-4-2-5-9-8/h2-7H2,1H3,(H,9,10). The molecule has 1 heterocycles. The Morgan fingerprint density at radius 2 is 2.55 bits per heavy atom. The molecule has 0 atom stereocenters. The molecule has 0 spiro atoms. The van der Waals surface area contributed by atoms with Gasteiger partial charge in [-0.1, -0.05) is 0 Å². The lowest BCUT2D eigenvalue weighted by Crippen LogP contribution is -2.22. The average Bonchev–Trinajstić information content (AvgIpc) is 2.50. The molecule has 1 aliphatic rings. The molecule has 1 N–H and O–H groups in total. The number of hydrogen-bond acceptors (Lipinski definition) is 3. The number of thioether (sulfide) groups is 1. The monoisotopic (exact) mass is 172 g/mol. The molecule has 0 saturated carbocycles. The van der Waals surface area contributed by atoms with E-state index in [0.717, 1.165) is 13.1 Å². The van der Waals surface area contributed by atoms with Crippen LogP contribution in [0.4, 0.5) is 0 Å². The van der Waals surface area contributed by atoms with E-state index in [0.29, 0.717) is 0 Å². The second kappa shape index (κ2) is 5.47. The van der Waals surface area contributed by atoms with Gasteiger partial charge in [0.15, 0.2) is 0 Å². The molecule has 0 amide bonds. The summed E-state index contributed by atoms with van der Waals surface area (Å²) in [6.45, 7) is 2.13. The van der Waals surface area contributed by atoms with E-state index in [4.69, 9.17) is 0 Å². The molecular formula is C8H16N2S. The summed E-state index contributed by atoms with van der Waals surface area (Å²) >= 11 is 1.90. The molecule has 1 aliphatic heterocycles. The van der Waals surface area contributed by atoms with Gasteiger partial charge in [-0.15, -0.1) is 0 Å². The van der Waals surface area contributed by atoms with Crippen molar-refractivity contribution in [1.29, 1.82) is 0 Å². The van der Waals surface area contributed by atoms with Gasteiger partial charge in [-0.3, -0.25) is 4.99 Å². The predicted octanol–water partition coefficient (Wildman–Crippen LogP) is 1.52. The Hall–Kier alpha value is -0.180. The fourth-order valence-corrected chi connectivity index (χ4v) is 1.57. The molecule has 3 heteroatoms. The van der Waals surface area contributed by atoms with Crippen LogP contribution in [0.2, 0.25) is 0 Å². The highest BCUT2D eigenvalue weighted by Crippen LogP contribution is 2.01. The van der Waals surface area contributed by atoms with E-state index in [1.54, 1.807) is 0 Å². The van der Waals surface area contributed by atoms with Crippen molar-refractivity contribution >= 4 is 17.6 Å². The molecule has 0 saturated heterocycles. The Morgan fingerprint density at radius 3 is 3.18 bits per heavy atom. The van der Waals surface area contributed by atoms with Crippen molar-refractivity contribution < 1.29 is 0 Å². The van der Waals surface area contributed by atoms with Gasteiger partial charge >= 0.3 is 0 Å². The highest BCUT2D eigenvalue weighted by Gasteiger charge is 2.03. The summed E-state index contributed by atoms with van der Waals surface area (Å²) in [7, 11) is 0. The summed E-state index contributed by atoms with van der Waals surface area (Å²) in [5.41, 5.74) is 0. The Labute approximate surface area is 72.9 Å². The van der Waals surface area contributed by atoms with E-state index in [1.165, 1.54) is 30.9 Å². The van der Waals surface area contributed by atoms with Gasteiger partial charge < -0.3 is 5.32 Å². The van der Waals surface area contributed by atoms with E-state index in [9.17, 15) is 0 Å². The molecule has 0 bridgehead atoms. The zero-order chi connectivity index (χ0) is 7.94. The zero-order valence-electron chi connectivity index (χ0n) is 7.10. The molecule has 64 valence electrons. The summed E-state index contributed by atoms with van der Waals surface area (Å²) in [6.07, 6.45) is 5.80. The third-order valence-corrected chi connectivity index (χ3v) is 2.43. The highest BCUT2D eigenvalue weighted by atomic mass is 32.2. The van der Waals surface area contributed by atoms with Crippen LogP contribution in [-0.2, 0) is 0 Å². The van der Waals surface area contributed by atoms with Gasteiger partial charge in [-0.25, -0.2) is 0 Å². The number of hydrogen-bond donors (Lipinski definition) is 1. The summed E-state index contributed by atoms with van der Waals surface area (Å²) in [5.74, 6) is 2.48. The molecule has 2 nitrogen and oxygen atoms in total. The number of aliphatic imine (C=N–C) groups is 1. The molecule has 11 heavy (non-hydrogen) atoms. The van der Waals surface area contributed by atoms with Gasteiger partial charge in [0.2, 0.25) is 0 Å². The van der Waals surface area contributed by atoms with Crippen molar-refractivity contribution in [3.05, 3.63) is 0 Å². The number of nitrogens with zero attached hydrogens (tertiary/aromatic N) is 1. The smallest absolute Gasteiger partial charge is 0.0963 e. The van der Waals surface area contributed by atoms with Gasteiger partial charge in [-0.2, -0.15) is 11.8 Å². The minimum atomic E-state index is 1.03. The van der Waals surface area contributed by atoms with Crippen LogP contribution in [0, 0.1) is 0 Å². The van der Waals surface area contributed by atoms with E-state index in [2.05, 4.69) is 16.6 Å². The van der Waals surface area contributed by atoms with Gasteiger partial charge in [0, 0.05) is 19.5 Å². The maximum atomic E-state index is 4.33. The first-order valence-electron chi connectivity index (χ1n) is 4.19. The first-order valence-corrected chi connectivity index (χ1v) is 5.59. The fraction of sp³-hybridized carbons (Fsp3) is 0.875. The topological polar surface area (TPSA) is 24.4 Å². The second-order valence-corrected chi connectivity index (χ2v) is 3.69. The Kier molecular flexibility index (Phi) is 4.43. The van der Waals surface area contributed by atoms with Crippen LogP contribution < -0.4 is 5.32 Å². The summed E-state index contributed by atoms with van der Waals surface area (Å²) in [4.78, 5) is 4.33. The van der Waals surface area contributed by atoms with Crippen LogP contribution in [0.25, 0.3) is 0 Å². The van der Waals surface area contributed by atoms with Crippen LogP contribution in [0.1, 0.15) is 19.3 Å². The van der Waals surface area contributed by atoms with E-state index in [-0.39, 0.29) is 0 Å². The Morgan fingerprint density at radius 1 is 1.64 bits per heavy atom. The molecular weight excluding hydrogens is 156 g/mol. The largest absolute Gasteiger partial charge is 0.374 e. The van der Waals surface area contributed by atoms with Crippen LogP contribution in [0.5, 0.6) is 0 Å². The van der Waals surface area contributed by atoms with Gasteiger partial charge in [0.05, 0.1) is 5.84 Å². The molecule has 0 aromatic carbocycles. The number of rotatable bonds is 4. The highest BCUT2D eigenvalue weighted by molar-refractivity contribution is 7.98. The molecule has 0 radical (unpaired) electrons. The first-order chi connectivity index (χ1) is 5.43. The van der Waals surface area contributed by atoms with Crippen molar-refractivity contribution in [1.82, 2.24) is 5.32 Å². The summed E-state index contributed by atoms with van der Waals surface area (Å²) in [5, 5.41) is 3.35. The lowest BCUT2D eigenvalue weighted by Gasteiger charge is -2.03. The van der Waals surface area contributed by atoms with Gasteiger partial charge in [0.1, 0.15) is 0 Å². The van der Waals surface area contributed by atoms with Crippen molar-refractivity contribution in [2.45, 2.75) is 19.3 Å². The second-order valence-electron chi connectivity index (χ2n) is 2.71. The molecule has 0 aromatic rings. The quantitative estimate of drug-likeness (QED) is 0.650. The van der Waals surface area contributed by atoms with E-state index < -0.39 is 0 Å². The fourth-order valence-electron chi connectivity index (χ4n) is 1.13. The van der Waals surface area contributed by atoms with E-state index >= 15 is 0 Å². The van der Waals surface area contributed by atoms with Crippen LogP contribution in [0.15, 0.2) is 4.99 Å². The number of nitrogens with one attached hydrogen (secondary N) is 1. The Balaban J connectivity index is 1.94. The third-order valence-electron chi connectivity index (χ3n) is 1.73. The predicted molar refractivity (Wildman–Crippen MR) is 52.5 cm³/mol. The van der Waals surface area contributed by atoms with Crippen molar-refractivity contribution in [2.24, 2.45) is 4.99 Å². The first kappa shape index (κ1) is 8.91. The molecule has 1 rings (SSSR count). The SMILES string of the molecule is CSCCCNC1=NCCC1. The molecule has 0 fully saturated rings. The molecule has 0 aromatic heterocycles. The third kappa shape index (κ3) is 3.65. The van der Waals surface area contributed by atoms with Crippen molar-refractivity contribution in [3.63, 3.8) is 0 Å². The zero-order valence-corrected chi connectivity index (χ0v) is 7.91. The Bertz CT molecular complexity index is 134. The summed E-state index contributed by atoms with van der Waals surface area (Å²) in [6, 6.07) is 0. The van der Waals surface area contributed by atoms with Crippen molar-refractivity contribution in [2.75, 3.05) is 25.1 Å². The van der Waals surface area contributed by atoms with Gasteiger partial charge in [-0.05, 0) is 24.9 Å². The van der Waals surface area contributed by atoms with Crippen LogP contribution in [-0.4, -0.2) is 30.9 Å². The van der Waals surface area contributed by atoms with E-state index in [1.807, 2.05) is 11.8 Å². The normalized spacial score (nSPS) is 16.6. The number of amidine groups is 1. The minimum absolute atomic E-state index is 1.03. The van der Waals surface area contributed by atoms with Crippen LogP contribution in [0.3, 0.4) is 0 Å². The maximum Gasteiger partial charge on any atom is 0.0963 e. The lowest BCUT2D eigenvalue weighted by molar-refractivity contribution is 0.836. The minimum Gasteiger partial charge on any atom is -0.374 e. The molecule has 0 unspecified atom stereocenters. The van der Waals surface area contributed by atoms with Gasteiger partial charge in [0.25, 0.3) is 0 Å². The maximum absolute atomic E-state index is 4.33. The lowest BCUT2D eigenvalue weighted by atomic mass is 10.3. The summed E-state index contributed by atoms with van der Waals surface area (Å²) < 4.78 is 0. The van der Waals surface area contributed by atoms with Crippen LogP contribution >= 0.6 is 11.8 Å². The molecule has 0 aliphatic carbocycles.